The van der Waals surface area contributed by atoms with E-state index in [1.807, 2.05) is 0 Å². The van der Waals surface area contributed by atoms with Gasteiger partial charge in [-0.25, -0.2) is 4.90 Å². The molecule has 3 amide bonds. The maximum absolute atomic E-state index is 13.1. The van der Waals surface area contributed by atoms with Crippen LogP contribution in [0.3, 0.4) is 0 Å². The lowest BCUT2D eigenvalue weighted by Crippen LogP contribution is -2.32. The number of nitrogens with one attached hydrogen (secondary N) is 1. The number of benzene rings is 4. The maximum atomic E-state index is 13.1. The molecule has 0 spiro atoms. The van der Waals surface area contributed by atoms with Gasteiger partial charge in [0.15, 0.2) is 6.10 Å². The van der Waals surface area contributed by atoms with Gasteiger partial charge in [0.25, 0.3) is 17.7 Å². The van der Waals surface area contributed by atoms with Gasteiger partial charge in [0.1, 0.15) is 6.54 Å². The number of anilines is 1. The summed E-state index contributed by atoms with van der Waals surface area (Å²) in [6, 6.07) is 27.1. The Morgan fingerprint density at radius 1 is 0.725 bits per heavy atom. The molecule has 0 unspecified atom stereocenters. The molecule has 1 aliphatic rings. The topological polar surface area (TPSA) is 110 Å². The molecule has 0 aromatic heterocycles. The number of hydrogen-bond acceptors (Lipinski definition) is 6. The number of ketones is 1. The van der Waals surface area contributed by atoms with Crippen LogP contribution in [0, 0.1) is 0 Å². The first kappa shape index (κ1) is 26.5. The van der Waals surface area contributed by atoms with Crippen molar-refractivity contribution in [2.45, 2.75) is 6.10 Å². The molecule has 1 atom stereocenters. The Kier molecular flexibility index (Phi) is 7.52. The molecule has 1 N–H and O–H groups in total. The molecular formula is C31H21ClN2O6. The Bertz CT molecular complexity index is 1580. The summed E-state index contributed by atoms with van der Waals surface area (Å²) in [5.41, 5.74) is 1.93. The number of hydrogen-bond donors (Lipinski definition) is 1. The smallest absolute Gasteiger partial charge is 0.326 e. The van der Waals surface area contributed by atoms with Crippen molar-refractivity contribution >= 4 is 46.8 Å². The van der Waals surface area contributed by atoms with Crippen LogP contribution in [0.5, 0.6) is 0 Å². The minimum atomic E-state index is -1.23. The molecule has 0 bridgehead atoms. The van der Waals surface area contributed by atoms with E-state index in [0.717, 1.165) is 4.90 Å². The standard InChI is InChI=1S/C31H21ClN2O6/c32-22-14-10-20(11-15-22)28(27(36)19-6-2-1-3-7-19)40-26(35)18-33-29(37)21-12-16-23(17-13-21)34-30(38)24-8-4-5-9-25(24)31(34)39/h1-17,28H,18H2,(H,33,37)/t28-/m1/s1. The summed E-state index contributed by atoms with van der Waals surface area (Å²) in [5.74, 6) is -2.71. The van der Waals surface area contributed by atoms with E-state index in [0.29, 0.717) is 33.0 Å². The van der Waals surface area contributed by atoms with E-state index in [2.05, 4.69) is 5.32 Å². The van der Waals surface area contributed by atoms with Crippen molar-refractivity contribution < 1.29 is 28.7 Å². The predicted octanol–water partition coefficient (Wildman–Crippen LogP) is 5.04. The normalized spacial score (nSPS) is 13.0. The van der Waals surface area contributed by atoms with E-state index >= 15 is 0 Å². The van der Waals surface area contributed by atoms with Gasteiger partial charge in [0.2, 0.25) is 5.78 Å². The zero-order valence-corrected chi connectivity index (χ0v) is 21.6. The highest BCUT2D eigenvalue weighted by molar-refractivity contribution is 6.34. The molecule has 1 aliphatic heterocycles. The number of carbonyl (C=O) groups is 5. The Hall–Kier alpha value is -5.08. The van der Waals surface area contributed by atoms with Crippen molar-refractivity contribution in [3.8, 4) is 0 Å². The summed E-state index contributed by atoms with van der Waals surface area (Å²) >= 11 is 5.97. The van der Waals surface area contributed by atoms with Crippen LogP contribution in [0.15, 0.2) is 103 Å². The summed E-state index contributed by atoms with van der Waals surface area (Å²) in [5, 5.41) is 2.93. The highest BCUT2D eigenvalue weighted by Crippen LogP contribution is 2.28. The third-order valence-corrected chi connectivity index (χ3v) is 6.55. The van der Waals surface area contributed by atoms with Gasteiger partial charge in [-0.15, -0.1) is 0 Å². The number of nitrogens with zero attached hydrogens (tertiary/aromatic N) is 1. The molecule has 0 fully saturated rings. The molecule has 5 rings (SSSR count). The van der Waals surface area contributed by atoms with Gasteiger partial charge in [0, 0.05) is 21.7 Å². The average molecular weight is 553 g/mol. The number of carbonyl (C=O) groups excluding carboxylic acids is 5. The molecule has 1 heterocycles. The van der Waals surface area contributed by atoms with Crippen LogP contribution < -0.4 is 10.2 Å². The van der Waals surface area contributed by atoms with Gasteiger partial charge in [-0.05, 0) is 48.5 Å². The Morgan fingerprint density at radius 2 is 1.30 bits per heavy atom. The van der Waals surface area contributed by atoms with Crippen molar-refractivity contribution in [3.63, 3.8) is 0 Å². The lowest BCUT2D eigenvalue weighted by atomic mass is 10.00. The second kappa shape index (κ2) is 11.3. The summed E-state index contributed by atoms with van der Waals surface area (Å²) in [4.78, 5) is 64.9. The first-order valence-electron chi connectivity index (χ1n) is 12.2. The van der Waals surface area contributed by atoms with E-state index in [1.54, 1.807) is 78.9 Å². The highest BCUT2D eigenvalue weighted by atomic mass is 35.5. The Labute approximate surface area is 234 Å². The number of imide groups is 1. The highest BCUT2D eigenvalue weighted by Gasteiger charge is 2.36. The summed E-state index contributed by atoms with van der Waals surface area (Å²) in [7, 11) is 0. The fourth-order valence-electron chi connectivity index (χ4n) is 4.28. The second-order valence-electron chi connectivity index (χ2n) is 8.87. The van der Waals surface area contributed by atoms with Crippen LogP contribution in [-0.4, -0.2) is 36.0 Å². The molecule has 8 nitrogen and oxygen atoms in total. The fourth-order valence-corrected chi connectivity index (χ4v) is 4.40. The van der Waals surface area contributed by atoms with Gasteiger partial charge in [-0.3, -0.25) is 24.0 Å². The minimum Gasteiger partial charge on any atom is -0.448 e. The first-order chi connectivity index (χ1) is 19.3. The van der Waals surface area contributed by atoms with Crippen LogP contribution in [0.1, 0.15) is 53.1 Å². The molecule has 0 saturated carbocycles. The molecule has 40 heavy (non-hydrogen) atoms. The van der Waals surface area contributed by atoms with E-state index in [9.17, 15) is 24.0 Å². The predicted molar refractivity (Wildman–Crippen MR) is 147 cm³/mol. The number of fused-ring (bicyclic) bond motifs is 1. The van der Waals surface area contributed by atoms with E-state index < -0.39 is 42.1 Å². The number of esters is 1. The number of amides is 3. The molecule has 0 aliphatic carbocycles. The summed E-state index contributed by atoms with van der Waals surface area (Å²) in [6.45, 7) is -0.495. The minimum absolute atomic E-state index is 0.197. The quantitative estimate of drug-likeness (QED) is 0.186. The van der Waals surface area contributed by atoms with Gasteiger partial charge < -0.3 is 10.1 Å². The van der Waals surface area contributed by atoms with Crippen molar-refractivity contribution in [3.05, 3.63) is 136 Å². The van der Waals surface area contributed by atoms with E-state index in [1.165, 1.54) is 24.3 Å². The van der Waals surface area contributed by atoms with Gasteiger partial charge >= 0.3 is 5.97 Å². The van der Waals surface area contributed by atoms with Crippen LogP contribution in [0.25, 0.3) is 0 Å². The van der Waals surface area contributed by atoms with Gasteiger partial charge in [-0.1, -0.05) is 66.2 Å². The van der Waals surface area contributed by atoms with Crippen molar-refractivity contribution in [2.24, 2.45) is 0 Å². The number of rotatable bonds is 8. The molecule has 9 heteroatoms. The zero-order chi connectivity index (χ0) is 28.2. The average Bonchev–Trinajstić information content (AvgIpc) is 3.24. The first-order valence-corrected chi connectivity index (χ1v) is 12.6. The molecule has 0 radical (unpaired) electrons. The second-order valence-corrected chi connectivity index (χ2v) is 9.31. The Morgan fingerprint density at radius 3 is 1.90 bits per heavy atom. The Balaban J connectivity index is 1.24. The zero-order valence-electron chi connectivity index (χ0n) is 20.9. The van der Waals surface area contributed by atoms with E-state index in [4.69, 9.17) is 16.3 Å². The lowest BCUT2D eigenvalue weighted by molar-refractivity contribution is -0.146. The molecule has 0 saturated heterocycles. The molecule has 198 valence electrons. The third kappa shape index (κ3) is 5.39. The monoisotopic (exact) mass is 552 g/mol. The fraction of sp³-hybridized carbons (Fsp3) is 0.0645. The van der Waals surface area contributed by atoms with Gasteiger partial charge in [0.05, 0.1) is 16.8 Å². The van der Waals surface area contributed by atoms with Crippen molar-refractivity contribution in [2.75, 3.05) is 11.4 Å². The van der Waals surface area contributed by atoms with Crippen molar-refractivity contribution in [1.29, 1.82) is 0 Å². The maximum Gasteiger partial charge on any atom is 0.326 e. The van der Waals surface area contributed by atoms with Crippen molar-refractivity contribution in [1.82, 2.24) is 5.32 Å². The van der Waals surface area contributed by atoms with Crippen LogP contribution in [0.4, 0.5) is 5.69 Å². The van der Waals surface area contributed by atoms with Gasteiger partial charge in [-0.2, -0.15) is 0 Å². The SMILES string of the molecule is O=C(CNC(=O)c1ccc(N2C(=O)c3ccccc3C2=O)cc1)O[C@@H](C(=O)c1ccccc1)c1ccc(Cl)cc1. The molecule has 4 aromatic rings. The molecule has 4 aromatic carbocycles. The molecular weight excluding hydrogens is 532 g/mol. The van der Waals surface area contributed by atoms with Crippen LogP contribution in [-0.2, 0) is 9.53 Å². The third-order valence-electron chi connectivity index (χ3n) is 6.29. The van der Waals surface area contributed by atoms with Crippen LogP contribution in [0.2, 0.25) is 5.02 Å². The number of halogens is 1. The summed E-state index contributed by atoms with van der Waals surface area (Å²) in [6.07, 6.45) is -1.23. The lowest BCUT2D eigenvalue weighted by Gasteiger charge is -2.18. The number of Topliss-reactive ketones (excluding diaryl/α,β-unsaturated/α-hetero) is 1. The van der Waals surface area contributed by atoms with E-state index in [-0.39, 0.29) is 5.56 Å². The largest absolute Gasteiger partial charge is 0.448 e. The van der Waals surface area contributed by atoms with Crippen LogP contribution >= 0.6 is 11.6 Å². The number of ether oxygens (including phenoxy) is 1. The summed E-state index contributed by atoms with van der Waals surface area (Å²) < 4.78 is 5.49.